The van der Waals surface area contributed by atoms with Crippen LogP contribution >= 0.6 is 0 Å². The van der Waals surface area contributed by atoms with Gasteiger partial charge in [0.25, 0.3) is 5.91 Å². The van der Waals surface area contributed by atoms with E-state index in [0.717, 1.165) is 23.6 Å². The van der Waals surface area contributed by atoms with Gasteiger partial charge in [0.2, 0.25) is 0 Å². The number of hydrogen-bond acceptors (Lipinski definition) is 5. The molecule has 0 atom stereocenters. The molecule has 0 bridgehead atoms. The Morgan fingerprint density at radius 2 is 1.96 bits per heavy atom. The molecule has 0 spiro atoms. The second-order valence-corrected chi connectivity index (χ2v) is 5.83. The highest BCUT2D eigenvalue weighted by Crippen LogP contribution is 2.32. The van der Waals surface area contributed by atoms with Crippen LogP contribution in [0.5, 0.6) is 11.5 Å². The van der Waals surface area contributed by atoms with Crippen LogP contribution in [0.4, 0.5) is 5.69 Å². The zero-order valence-electron chi connectivity index (χ0n) is 15.2. The first-order valence-corrected chi connectivity index (χ1v) is 8.82. The number of nitrogens with one attached hydrogen (secondary N) is 3. The highest BCUT2D eigenvalue weighted by Gasteiger charge is 2.11. The van der Waals surface area contributed by atoms with Gasteiger partial charge in [-0.3, -0.25) is 14.8 Å². The molecule has 27 heavy (non-hydrogen) atoms. The van der Waals surface area contributed by atoms with E-state index in [9.17, 15) is 4.79 Å². The zero-order chi connectivity index (χ0) is 18.9. The van der Waals surface area contributed by atoms with Gasteiger partial charge in [0.05, 0.1) is 18.8 Å². The first kappa shape index (κ1) is 18.5. The van der Waals surface area contributed by atoms with Gasteiger partial charge in [0, 0.05) is 50.7 Å². The second kappa shape index (κ2) is 9.42. The van der Waals surface area contributed by atoms with E-state index in [4.69, 9.17) is 9.47 Å². The molecule has 1 amide bonds. The molecule has 2 aromatic rings. The van der Waals surface area contributed by atoms with Gasteiger partial charge in [-0.2, -0.15) is 0 Å². The van der Waals surface area contributed by atoms with E-state index in [1.165, 1.54) is 6.20 Å². The van der Waals surface area contributed by atoms with Crippen LogP contribution in [0.2, 0.25) is 0 Å². The Hall–Kier alpha value is -3.29. The van der Waals surface area contributed by atoms with E-state index in [1.807, 2.05) is 18.2 Å². The molecule has 1 aliphatic heterocycles. The van der Waals surface area contributed by atoms with Gasteiger partial charge in [-0.05, 0) is 24.3 Å². The average molecular weight is 369 g/mol. The fraction of sp³-hybridized carbons (Fsp3) is 0.316. The van der Waals surface area contributed by atoms with Gasteiger partial charge in [-0.15, -0.1) is 0 Å². The Morgan fingerprint density at radius 3 is 2.74 bits per heavy atom. The monoisotopic (exact) mass is 369 g/mol. The molecule has 8 heteroatoms. The molecular weight excluding hydrogens is 346 g/mol. The molecule has 3 rings (SSSR count). The molecule has 0 fully saturated rings. The molecule has 0 saturated heterocycles. The molecule has 1 aromatic carbocycles. The number of ether oxygens (including phenoxy) is 2. The number of aliphatic imine (C=N–C) groups is 1. The van der Waals surface area contributed by atoms with E-state index >= 15 is 0 Å². The highest BCUT2D eigenvalue weighted by atomic mass is 16.5. The number of fused-ring (bicyclic) bond motifs is 1. The molecule has 1 aromatic heterocycles. The number of pyridine rings is 1. The first-order valence-electron chi connectivity index (χ1n) is 8.82. The van der Waals surface area contributed by atoms with Crippen molar-refractivity contribution in [2.75, 3.05) is 38.7 Å². The number of hydrogen-bond donors (Lipinski definition) is 3. The van der Waals surface area contributed by atoms with E-state index in [0.29, 0.717) is 37.8 Å². The predicted molar refractivity (Wildman–Crippen MR) is 104 cm³/mol. The van der Waals surface area contributed by atoms with E-state index in [1.54, 1.807) is 25.4 Å². The Balaban J connectivity index is 1.47. The maximum absolute atomic E-state index is 12.0. The van der Waals surface area contributed by atoms with Gasteiger partial charge in [0.15, 0.2) is 17.5 Å². The van der Waals surface area contributed by atoms with Crippen molar-refractivity contribution in [1.29, 1.82) is 0 Å². The van der Waals surface area contributed by atoms with Crippen LogP contribution in [0.1, 0.15) is 16.8 Å². The van der Waals surface area contributed by atoms with Crippen LogP contribution in [-0.2, 0) is 0 Å². The zero-order valence-corrected chi connectivity index (χ0v) is 15.2. The number of carbonyl (C=O) groups excluding carboxylic acids is 1. The normalized spacial score (nSPS) is 13.4. The number of nitrogens with zero attached hydrogens (tertiary/aromatic N) is 2. The van der Waals surface area contributed by atoms with Crippen LogP contribution in [0, 0.1) is 0 Å². The van der Waals surface area contributed by atoms with Gasteiger partial charge in [0.1, 0.15) is 0 Å². The molecule has 0 unspecified atom stereocenters. The lowest BCUT2D eigenvalue weighted by Crippen LogP contribution is -2.37. The van der Waals surface area contributed by atoms with Crippen molar-refractivity contribution < 1.29 is 14.3 Å². The lowest BCUT2D eigenvalue weighted by molar-refractivity contribution is 0.0954. The molecule has 142 valence electrons. The number of amides is 1. The van der Waals surface area contributed by atoms with Crippen molar-refractivity contribution in [3.05, 3.63) is 48.3 Å². The number of benzene rings is 1. The molecule has 8 nitrogen and oxygen atoms in total. The highest BCUT2D eigenvalue weighted by molar-refractivity contribution is 5.94. The van der Waals surface area contributed by atoms with Gasteiger partial charge in [-0.25, -0.2) is 0 Å². The van der Waals surface area contributed by atoms with Crippen LogP contribution < -0.4 is 25.4 Å². The molecule has 2 heterocycles. The SMILES string of the molecule is CN=C(NCCNC(=O)c1cccnc1)Nc1ccc2c(c1)OCCCO2. The summed E-state index contributed by atoms with van der Waals surface area (Å²) in [6, 6.07) is 9.13. The molecule has 0 aliphatic carbocycles. The predicted octanol–water partition coefficient (Wildman–Crippen LogP) is 1.66. The third-order valence-corrected chi connectivity index (χ3v) is 3.86. The second-order valence-electron chi connectivity index (χ2n) is 5.83. The summed E-state index contributed by atoms with van der Waals surface area (Å²) in [6.45, 7) is 2.28. The number of carbonyl (C=O) groups is 1. The topological polar surface area (TPSA) is 96.9 Å². The summed E-state index contributed by atoms with van der Waals surface area (Å²) in [5, 5.41) is 9.18. The minimum Gasteiger partial charge on any atom is -0.490 e. The van der Waals surface area contributed by atoms with E-state index in [2.05, 4.69) is 25.9 Å². The number of rotatable bonds is 5. The van der Waals surface area contributed by atoms with Gasteiger partial charge in [-0.1, -0.05) is 0 Å². The maximum Gasteiger partial charge on any atom is 0.252 e. The third kappa shape index (κ3) is 5.34. The summed E-state index contributed by atoms with van der Waals surface area (Å²) in [7, 11) is 1.69. The Labute approximate surface area is 158 Å². The van der Waals surface area contributed by atoms with Gasteiger partial charge < -0.3 is 25.4 Å². The number of anilines is 1. The average Bonchev–Trinajstić information content (AvgIpc) is 2.95. The summed E-state index contributed by atoms with van der Waals surface area (Å²) in [6.07, 6.45) is 4.03. The maximum atomic E-state index is 12.0. The summed E-state index contributed by atoms with van der Waals surface area (Å²) >= 11 is 0. The summed E-state index contributed by atoms with van der Waals surface area (Å²) in [4.78, 5) is 20.1. The third-order valence-electron chi connectivity index (χ3n) is 3.86. The summed E-state index contributed by atoms with van der Waals surface area (Å²) in [5.41, 5.74) is 1.37. The van der Waals surface area contributed by atoms with Crippen LogP contribution in [0.3, 0.4) is 0 Å². The molecular formula is C19H23N5O3. The molecule has 1 aliphatic rings. The number of aromatic nitrogens is 1. The van der Waals surface area contributed by atoms with Crippen molar-refractivity contribution in [2.24, 2.45) is 4.99 Å². The largest absolute Gasteiger partial charge is 0.490 e. The first-order chi connectivity index (χ1) is 13.3. The van der Waals surface area contributed by atoms with Crippen LogP contribution in [-0.4, -0.2) is 50.2 Å². The molecule has 0 radical (unpaired) electrons. The van der Waals surface area contributed by atoms with Crippen molar-refractivity contribution in [3.8, 4) is 11.5 Å². The smallest absolute Gasteiger partial charge is 0.252 e. The lowest BCUT2D eigenvalue weighted by Gasteiger charge is -2.14. The Bertz CT molecular complexity index is 795. The van der Waals surface area contributed by atoms with E-state index in [-0.39, 0.29) is 5.91 Å². The van der Waals surface area contributed by atoms with Crippen molar-refractivity contribution >= 4 is 17.6 Å². The molecule has 3 N–H and O–H groups in total. The van der Waals surface area contributed by atoms with Crippen molar-refractivity contribution in [2.45, 2.75) is 6.42 Å². The van der Waals surface area contributed by atoms with Crippen molar-refractivity contribution in [3.63, 3.8) is 0 Å². The summed E-state index contributed by atoms with van der Waals surface area (Å²) < 4.78 is 11.3. The Morgan fingerprint density at radius 1 is 1.15 bits per heavy atom. The quantitative estimate of drug-likeness (QED) is 0.421. The minimum atomic E-state index is -0.157. The standard InChI is InChI=1S/C19H23N5O3/c1-20-19(23-9-8-22-18(25)14-4-2-7-21-13-14)24-15-5-6-16-17(12-15)27-11-3-10-26-16/h2,4-7,12-13H,3,8-11H2,1H3,(H,22,25)(H2,20,23,24). The van der Waals surface area contributed by atoms with Crippen LogP contribution in [0.15, 0.2) is 47.7 Å². The minimum absolute atomic E-state index is 0.157. The Kier molecular flexibility index (Phi) is 6.45. The van der Waals surface area contributed by atoms with Crippen molar-refractivity contribution in [1.82, 2.24) is 15.6 Å². The van der Waals surface area contributed by atoms with E-state index < -0.39 is 0 Å². The fourth-order valence-corrected chi connectivity index (χ4v) is 2.51. The van der Waals surface area contributed by atoms with Crippen LogP contribution in [0.25, 0.3) is 0 Å². The molecule has 0 saturated carbocycles. The summed E-state index contributed by atoms with van der Waals surface area (Å²) in [5.74, 6) is 1.91. The number of guanidine groups is 1. The fourth-order valence-electron chi connectivity index (χ4n) is 2.51. The van der Waals surface area contributed by atoms with Gasteiger partial charge >= 0.3 is 0 Å². The lowest BCUT2D eigenvalue weighted by atomic mass is 10.2.